The van der Waals surface area contributed by atoms with Crippen molar-refractivity contribution in [1.29, 1.82) is 0 Å². The summed E-state index contributed by atoms with van der Waals surface area (Å²) in [5, 5.41) is 0. The normalized spacial score (nSPS) is 10.6. The SMILES string of the molecule is CCC(=O)CC(=O)CCCc1cncn1Cc1ccccc1. The van der Waals surface area contributed by atoms with E-state index >= 15 is 0 Å². The van der Waals surface area contributed by atoms with Gasteiger partial charge < -0.3 is 4.57 Å². The molecule has 0 spiro atoms. The molecule has 0 amide bonds. The highest BCUT2D eigenvalue weighted by atomic mass is 16.1. The summed E-state index contributed by atoms with van der Waals surface area (Å²) in [7, 11) is 0. The lowest BCUT2D eigenvalue weighted by Crippen LogP contribution is -2.08. The number of aromatic nitrogens is 2. The van der Waals surface area contributed by atoms with Crippen LogP contribution in [0.1, 0.15) is 43.9 Å². The summed E-state index contributed by atoms with van der Waals surface area (Å²) < 4.78 is 2.11. The topological polar surface area (TPSA) is 52.0 Å². The number of benzene rings is 1. The fourth-order valence-electron chi connectivity index (χ4n) is 2.38. The number of hydrogen-bond donors (Lipinski definition) is 0. The lowest BCUT2D eigenvalue weighted by Gasteiger charge is -2.08. The van der Waals surface area contributed by atoms with Crippen LogP contribution in [0, 0.1) is 0 Å². The minimum atomic E-state index is 0.0270. The van der Waals surface area contributed by atoms with Gasteiger partial charge in [-0.15, -0.1) is 0 Å². The van der Waals surface area contributed by atoms with Crippen LogP contribution in [-0.2, 0) is 22.6 Å². The van der Waals surface area contributed by atoms with E-state index < -0.39 is 0 Å². The van der Waals surface area contributed by atoms with Crippen LogP contribution in [-0.4, -0.2) is 21.1 Å². The number of rotatable bonds is 9. The molecule has 0 bridgehead atoms. The number of Topliss-reactive ketones (excluding diaryl/α,β-unsaturated/α-hetero) is 2. The largest absolute Gasteiger partial charge is 0.330 e. The smallest absolute Gasteiger partial charge is 0.140 e. The van der Waals surface area contributed by atoms with Gasteiger partial charge in [0.25, 0.3) is 0 Å². The molecule has 4 heteroatoms. The molecule has 22 heavy (non-hydrogen) atoms. The van der Waals surface area contributed by atoms with E-state index in [0.29, 0.717) is 12.8 Å². The number of ketones is 2. The first-order valence-corrected chi connectivity index (χ1v) is 7.75. The minimum Gasteiger partial charge on any atom is -0.330 e. The molecule has 0 aliphatic heterocycles. The third kappa shape index (κ3) is 4.95. The summed E-state index contributed by atoms with van der Waals surface area (Å²) in [5.74, 6) is 0.0695. The van der Waals surface area contributed by atoms with E-state index in [1.165, 1.54) is 5.56 Å². The van der Waals surface area contributed by atoms with Crippen molar-refractivity contribution in [2.75, 3.05) is 0 Å². The van der Waals surface area contributed by atoms with Crippen LogP contribution in [0.25, 0.3) is 0 Å². The van der Waals surface area contributed by atoms with Gasteiger partial charge in [-0.2, -0.15) is 0 Å². The third-order valence-corrected chi connectivity index (χ3v) is 3.67. The van der Waals surface area contributed by atoms with Crippen molar-refractivity contribution in [3.63, 3.8) is 0 Å². The molecule has 0 fully saturated rings. The van der Waals surface area contributed by atoms with E-state index in [4.69, 9.17) is 0 Å². The maximum Gasteiger partial charge on any atom is 0.140 e. The molecule has 116 valence electrons. The second kappa shape index (κ2) is 8.27. The zero-order valence-corrected chi connectivity index (χ0v) is 13.0. The monoisotopic (exact) mass is 298 g/mol. The molecular weight excluding hydrogens is 276 g/mol. The summed E-state index contributed by atoms with van der Waals surface area (Å²) in [6, 6.07) is 10.2. The number of aryl methyl sites for hydroxylation is 1. The fraction of sp³-hybridized carbons (Fsp3) is 0.389. The number of carbonyl (C=O) groups excluding carboxylic acids is 2. The summed E-state index contributed by atoms with van der Waals surface area (Å²) in [6.45, 7) is 2.58. The fourth-order valence-corrected chi connectivity index (χ4v) is 2.38. The Hall–Kier alpha value is -2.23. The molecule has 0 atom stereocenters. The van der Waals surface area contributed by atoms with E-state index in [2.05, 4.69) is 21.7 Å². The average Bonchev–Trinajstić information content (AvgIpc) is 2.95. The lowest BCUT2D eigenvalue weighted by atomic mass is 10.1. The molecule has 0 saturated heterocycles. The molecule has 0 saturated carbocycles. The summed E-state index contributed by atoms with van der Waals surface area (Å²) in [4.78, 5) is 27.1. The standard InChI is InChI=1S/C18H22N2O2/c1-2-17(21)11-18(22)10-6-9-16-12-19-14-20(16)13-15-7-4-3-5-8-15/h3-5,7-8,12,14H,2,6,9-11,13H2,1H3. The van der Waals surface area contributed by atoms with Crippen molar-refractivity contribution < 1.29 is 9.59 Å². The Morgan fingerprint density at radius 2 is 1.91 bits per heavy atom. The molecule has 2 rings (SSSR count). The van der Waals surface area contributed by atoms with Crippen LogP contribution >= 0.6 is 0 Å². The predicted octanol–water partition coefficient (Wildman–Crippen LogP) is 3.19. The molecule has 0 unspecified atom stereocenters. The van der Waals surface area contributed by atoms with Crippen molar-refractivity contribution in [3.05, 3.63) is 54.1 Å². The van der Waals surface area contributed by atoms with Gasteiger partial charge in [-0.1, -0.05) is 37.3 Å². The summed E-state index contributed by atoms with van der Waals surface area (Å²) in [6.07, 6.45) is 6.22. The Balaban J connectivity index is 1.83. The Kier molecular flexibility index (Phi) is 6.07. The van der Waals surface area contributed by atoms with Gasteiger partial charge in [0, 0.05) is 31.3 Å². The number of nitrogens with zero attached hydrogens (tertiary/aromatic N) is 2. The Labute approximate surface area is 131 Å². The Bertz CT molecular complexity index is 617. The predicted molar refractivity (Wildman–Crippen MR) is 85.6 cm³/mol. The van der Waals surface area contributed by atoms with Crippen LogP contribution < -0.4 is 0 Å². The van der Waals surface area contributed by atoms with Gasteiger partial charge in [0.2, 0.25) is 0 Å². The number of hydrogen-bond acceptors (Lipinski definition) is 3. The molecule has 2 aromatic rings. The van der Waals surface area contributed by atoms with Gasteiger partial charge >= 0.3 is 0 Å². The van der Waals surface area contributed by atoms with Gasteiger partial charge in [-0.25, -0.2) is 4.98 Å². The molecule has 0 radical (unpaired) electrons. The molecule has 1 heterocycles. The molecule has 0 aliphatic carbocycles. The Morgan fingerprint density at radius 3 is 2.64 bits per heavy atom. The van der Waals surface area contributed by atoms with E-state index in [-0.39, 0.29) is 18.0 Å². The van der Waals surface area contributed by atoms with Crippen LogP contribution in [0.4, 0.5) is 0 Å². The molecule has 1 aromatic heterocycles. The summed E-state index contributed by atoms with van der Waals surface area (Å²) in [5.41, 5.74) is 2.35. The first kappa shape index (κ1) is 16.1. The van der Waals surface area contributed by atoms with Gasteiger partial charge in [0.15, 0.2) is 0 Å². The summed E-state index contributed by atoms with van der Waals surface area (Å²) >= 11 is 0. The second-order valence-corrected chi connectivity index (χ2v) is 5.46. The molecule has 1 aromatic carbocycles. The van der Waals surface area contributed by atoms with E-state index in [0.717, 1.165) is 25.1 Å². The molecule has 0 aliphatic rings. The third-order valence-electron chi connectivity index (χ3n) is 3.67. The maximum absolute atomic E-state index is 11.7. The van der Waals surface area contributed by atoms with Crippen LogP contribution in [0.2, 0.25) is 0 Å². The van der Waals surface area contributed by atoms with Crippen molar-refractivity contribution in [2.45, 2.75) is 45.6 Å². The zero-order chi connectivity index (χ0) is 15.8. The van der Waals surface area contributed by atoms with Crippen LogP contribution in [0.3, 0.4) is 0 Å². The highest BCUT2D eigenvalue weighted by Crippen LogP contribution is 2.10. The van der Waals surface area contributed by atoms with Gasteiger partial charge in [0.05, 0.1) is 12.7 Å². The van der Waals surface area contributed by atoms with E-state index in [9.17, 15) is 9.59 Å². The average molecular weight is 298 g/mol. The van der Waals surface area contributed by atoms with Crippen molar-refractivity contribution in [1.82, 2.24) is 9.55 Å². The molecule has 0 N–H and O–H groups in total. The zero-order valence-electron chi connectivity index (χ0n) is 13.0. The Morgan fingerprint density at radius 1 is 1.14 bits per heavy atom. The molecule has 4 nitrogen and oxygen atoms in total. The lowest BCUT2D eigenvalue weighted by molar-refractivity contribution is -0.126. The van der Waals surface area contributed by atoms with Crippen molar-refractivity contribution in [2.24, 2.45) is 0 Å². The first-order chi connectivity index (χ1) is 10.7. The van der Waals surface area contributed by atoms with E-state index in [1.54, 1.807) is 6.92 Å². The van der Waals surface area contributed by atoms with Crippen LogP contribution in [0.15, 0.2) is 42.9 Å². The van der Waals surface area contributed by atoms with Crippen molar-refractivity contribution >= 4 is 11.6 Å². The maximum atomic E-state index is 11.7. The number of imidazole rings is 1. The highest BCUT2D eigenvalue weighted by Gasteiger charge is 2.09. The first-order valence-electron chi connectivity index (χ1n) is 7.75. The molecular formula is C18H22N2O2. The highest BCUT2D eigenvalue weighted by molar-refractivity contribution is 5.98. The van der Waals surface area contributed by atoms with Crippen LogP contribution in [0.5, 0.6) is 0 Å². The van der Waals surface area contributed by atoms with Gasteiger partial charge in [-0.05, 0) is 18.4 Å². The minimum absolute atomic E-state index is 0.0270. The number of carbonyl (C=O) groups is 2. The second-order valence-electron chi connectivity index (χ2n) is 5.46. The van der Waals surface area contributed by atoms with E-state index in [1.807, 2.05) is 30.7 Å². The van der Waals surface area contributed by atoms with Gasteiger partial charge in [-0.3, -0.25) is 9.59 Å². The van der Waals surface area contributed by atoms with Crippen molar-refractivity contribution in [3.8, 4) is 0 Å². The van der Waals surface area contributed by atoms with Gasteiger partial charge in [0.1, 0.15) is 11.6 Å². The quantitative estimate of drug-likeness (QED) is 0.668.